The van der Waals surface area contributed by atoms with Gasteiger partial charge in [0, 0.05) is 18.2 Å². The maximum atomic E-state index is 12.0. The number of carbonyl (C=O) groups is 2. The number of benzene rings is 1. The van der Waals surface area contributed by atoms with Gasteiger partial charge in [-0.1, -0.05) is 19.9 Å². The summed E-state index contributed by atoms with van der Waals surface area (Å²) in [5, 5.41) is 11.7. The zero-order chi connectivity index (χ0) is 15.2. The predicted octanol–water partition coefficient (Wildman–Crippen LogP) is 2.91. The molecule has 1 aromatic rings. The third-order valence-corrected chi connectivity index (χ3v) is 3.37. The molecule has 20 heavy (non-hydrogen) atoms. The van der Waals surface area contributed by atoms with Crippen molar-refractivity contribution in [2.45, 2.75) is 33.1 Å². The number of rotatable bonds is 7. The molecule has 0 bridgehead atoms. The molecule has 1 rings (SSSR count). The zero-order valence-corrected chi connectivity index (χ0v) is 12.1. The Balaban J connectivity index is 2.68. The van der Waals surface area contributed by atoms with Crippen molar-refractivity contribution in [2.24, 2.45) is 5.41 Å². The number of carbonyl (C=O) groups excluding carboxylic acids is 1. The fourth-order valence-electron chi connectivity index (χ4n) is 1.97. The van der Waals surface area contributed by atoms with Gasteiger partial charge in [-0.2, -0.15) is 0 Å². The van der Waals surface area contributed by atoms with E-state index in [1.165, 1.54) is 0 Å². The van der Waals surface area contributed by atoms with Crippen LogP contribution in [0.15, 0.2) is 24.3 Å². The Labute approximate surface area is 118 Å². The van der Waals surface area contributed by atoms with E-state index in [9.17, 15) is 9.59 Å². The second kappa shape index (κ2) is 6.93. The second-order valence-corrected chi connectivity index (χ2v) is 5.19. The molecule has 0 saturated carbocycles. The molecule has 5 heteroatoms. The smallest absolute Gasteiger partial charge is 0.303 e. The molecule has 0 aliphatic heterocycles. The van der Waals surface area contributed by atoms with Crippen molar-refractivity contribution in [1.82, 2.24) is 0 Å². The van der Waals surface area contributed by atoms with Crippen LogP contribution >= 0.6 is 0 Å². The van der Waals surface area contributed by atoms with Gasteiger partial charge in [-0.15, -0.1) is 0 Å². The van der Waals surface area contributed by atoms with E-state index in [1.807, 2.05) is 13.8 Å². The fourth-order valence-corrected chi connectivity index (χ4v) is 1.97. The summed E-state index contributed by atoms with van der Waals surface area (Å²) in [6.45, 7) is 3.70. The molecule has 0 aromatic heterocycles. The highest BCUT2D eigenvalue weighted by molar-refractivity contribution is 5.91. The van der Waals surface area contributed by atoms with Crippen LogP contribution in [0.2, 0.25) is 0 Å². The van der Waals surface area contributed by atoms with Gasteiger partial charge in [0.25, 0.3) is 0 Å². The number of hydrogen-bond acceptors (Lipinski definition) is 3. The quantitative estimate of drug-likeness (QED) is 0.804. The Morgan fingerprint density at radius 2 is 2.05 bits per heavy atom. The van der Waals surface area contributed by atoms with Crippen LogP contribution in [0.3, 0.4) is 0 Å². The molecule has 0 spiro atoms. The zero-order valence-electron chi connectivity index (χ0n) is 12.1. The topological polar surface area (TPSA) is 75.6 Å². The van der Waals surface area contributed by atoms with E-state index < -0.39 is 11.4 Å². The number of nitrogens with one attached hydrogen (secondary N) is 1. The minimum absolute atomic E-state index is 0.0188. The van der Waals surface area contributed by atoms with E-state index in [0.29, 0.717) is 17.9 Å². The minimum atomic E-state index is -0.886. The molecule has 0 fully saturated rings. The Hall–Kier alpha value is -2.04. The summed E-state index contributed by atoms with van der Waals surface area (Å²) >= 11 is 0. The van der Waals surface area contributed by atoms with Gasteiger partial charge in [0.05, 0.1) is 13.5 Å². The lowest BCUT2D eigenvalue weighted by Crippen LogP contribution is -2.27. The Bertz CT molecular complexity index is 487. The molecular formula is C15H21NO4. The van der Waals surface area contributed by atoms with Gasteiger partial charge >= 0.3 is 5.97 Å². The summed E-state index contributed by atoms with van der Waals surface area (Å²) in [5.74, 6) is -0.418. The first-order valence-electron chi connectivity index (χ1n) is 6.54. The number of ether oxygens (including phenoxy) is 1. The number of amides is 1. The van der Waals surface area contributed by atoms with E-state index in [4.69, 9.17) is 9.84 Å². The summed E-state index contributed by atoms with van der Waals surface area (Å²) in [6.07, 6.45) is 0.785. The number of methoxy groups -OCH3 is 1. The lowest BCUT2D eigenvalue weighted by atomic mass is 9.80. The van der Waals surface area contributed by atoms with Crippen LogP contribution in [0.25, 0.3) is 0 Å². The van der Waals surface area contributed by atoms with Crippen molar-refractivity contribution in [2.75, 3.05) is 12.4 Å². The SMILES string of the molecule is CC[C@](C)(CC(=O)O)CC(=O)Nc1cccc(OC)c1. The molecule has 1 atom stereocenters. The number of carboxylic acids is 1. The average molecular weight is 279 g/mol. The maximum absolute atomic E-state index is 12.0. The van der Waals surface area contributed by atoms with Gasteiger partial charge in [-0.05, 0) is 24.0 Å². The van der Waals surface area contributed by atoms with Crippen LogP contribution in [0.1, 0.15) is 33.1 Å². The van der Waals surface area contributed by atoms with E-state index in [2.05, 4.69) is 5.32 Å². The van der Waals surface area contributed by atoms with Crippen LogP contribution in [0.5, 0.6) is 5.75 Å². The normalized spacial score (nSPS) is 13.3. The first-order valence-corrected chi connectivity index (χ1v) is 6.54. The number of carboxylic acid groups (broad SMARTS) is 1. The highest BCUT2D eigenvalue weighted by Gasteiger charge is 2.28. The Morgan fingerprint density at radius 3 is 2.60 bits per heavy atom. The number of hydrogen-bond donors (Lipinski definition) is 2. The van der Waals surface area contributed by atoms with Gasteiger partial charge in [-0.3, -0.25) is 9.59 Å². The average Bonchev–Trinajstić information content (AvgIpc) is 2.37. The van der Waals surface area contributed by atoms with Gasteiger partial charge in [0.2, 0.25) is 5.91 Å². The van der Waals surface area contributed by atoms with Gasteiger partial charge < -0.3 is 15.2 Å². The first-order chi connectivity index (χ1) is 9.38. The molecule has 2 N–H and O–H groups in total. The van der Waals surface area contributed by atoms with Gasteiger partial charge in [-0.25, -0.2) is 0 Å². The minimum Gasteiger partial charge on any atom is -0.497 e. The highest BCUT2D eigenvalue weighted by atomic mass is 16.5. The van der Waals surface area contributed by atoms with E-state index in [0.717, 1.165) is 0 Å². The third-order valence-electron chi connectivity index (χ3n) is 3.37. The van der Waals surface area contributed by atoms with Crippen molar-refractivity contribution >= 4 is 17.6 Å². The highest BCUT2D eigenvalue weighted by Crippen LogP contribution is 2.30. The Morgan fingerprint density at radius 1 is 1.35 bits per heavy atom. The lowest BCUT2D eigenvalue weighted by Gasteiger charge is -2.25. The molecule has 0 aliphatic rings. The molecular weight excluding hydrogens is 258 g/mol. The second-order valence-electron chi connectivity index (χ2n) is 5.19. The van der Waals surface area contributed by atoms with Crippen LogP contribution < -0.4 is 10.1 Å². The Kier molecular flexibility index (Phi) is 5.55. The largest absolute Gasteiger partial charge is 0.497 e. The first kappa shape index (κ1) is 16.0. The maximum Gasteiger partial charge on any atom is 0.303 e. The summed E-state index contributed by atoms with van der Waals surface area (Å²) < 4.78 is 5.08. The van der Waals surface area contributed by atoms with Crippen molar-refractivity contribution in [3.05, 3.63) is 24.3 Å². The van der Waals surface area contributed by atoms with Crippen LogP contribution in [0.4, 0.5) is 5.69 Å². The van der Waals surface area contributed by atoms with Crippen molar-refractivity contribution in [1.29, 1.82) is 0 Å². The molecule has 110 valence electrons. The lowest BCUT2D eigenvalue weighted by molar-refractivity contribution is -0.140. The van der Waals surface area contributed by atoms with Crippen molar-refractivity contribution in [3.63, 3.8) is 0 Å². The predicted molar refractivity (Wildman–Crippen MR) is 76.9 cm³/mol. The van der Waals surface area contributed by atoms with Gasteiger partial charge in [0.15, 0.2) is 0 Å². The summed E-state index contributed by atoms with van der Waals surface area (Å²) in [7, 11) is 1.56. The molecule has 0 aliphatic carbocycles. The fraction of sp³-hybridized carbons (Fsp3) is 0.467. The van der Waals surface area contributed by atoms with Gasteiger partial charge in [0.1, 0.15) is 5.75 Å². The number of anilines is 1. The number of aliphatic carboxylic acids is 1. The molecule has 0 unspecified atom stereocenters. The molecule has 0 saturated heterocycles. The van der Waals surface area contributed by atoms with Crippen molar-refractivity contribution < 1.29 is 19.4 Å². The third kappa shape index (κ3) is 4.91. The standard InChI is InChI=1S/C15H21NO4/c1-4-15(2,10-14(18)19)9-13(17)16-11-6-5-7-12(8-11)20-3/h5-8H,4,9-10H2,1-3H3,(H,16,17)(H,18,19)/t15-/m0/s1. The molecule has 0 heterocycles. The molecule has 0 radical (unpaired) electrons. The van der Waals surface area contributed by atoms with Crippen molar-refractivity contribution in [3.8, 4) is 5.75 Å². The van der Waals surface area contributed by atoms with E-state index in [-0.39, 0.29) is 18.7 Å². The summed E-state index contributed by atoms with van der Waals surface area (Å²) in [6, 6.07) is 7.06. The molecule has 5 nitrogen and oxygen atoms in total. The van der Waals surface area contributed by atoms with E-state index in [1.54, 1.807) is 31.4 Å². The molecule has 1 amide bonds. The van der Waals surface area contributed by atoms with Crippen LogP contribution in [-0.2, 0) is 9.59 Å². The van der Waals surface area contributed by atoms with Crippen LogP contribution in [0, 0.1) is 5.41 Å². The van der Waals surface area contributed by atoms with Crippen LogP contribution in [-0.4, -0.2) is 24.1 Å². The summed E-state index contributed by atoms with van der Waals surface area (Å²) in [4.78, 5) is 22.9. The monoisotopic (exact) mass is 279 g/mol. The van der Waals surface area contributed by atoms with E-state index >= 15 is 0 Å². The molecule has 1 aromatic carbocycles. The summed E-state index contributed by atoms with van der Waals surface area (Å²) in [5.41, 5.74) is 0.109.